The summed E-state index contributed by atoms with van der Waals surface area (Å²) in [5.41, 5.74) is 14.3. The topological polar surface area (TPSA) is 260 Å². The van der Waals surface area contributed by atoms with Gasteiger partial charge in [0, 0.05) is 81.4 Å². The van der Waals surface area contributed by atoms with E-state index in [1.165, 1.54) is 40.0 Å². The molecule has 384 valence electrons. The number of hydrogen-bond acceptors (Lipinski definition) is 12. The number of halogens is 3. The Labute approximate surface area is 454 Å². The van der Waals surface area contributed by atoms with Crippen molar-refractivity contribution in [2.24, 2.45) is 15.3 Å². The number of carbonyl (C=O) groups excluding carboxylic acids is 3. The van der Waals surface area contributed by atoms with Crippen LogP contribution in [-0.2, 0) is 33.6 Å². The van der Waals surface area contributed by atoms with Gasteiger partial charge in [0.05, 0.1) is 59.2 Å². The summed E-state index contributed by atoms with van der Waals surface area (Å²) in [4.78, 5) is 45.6. The minimum Gasteiger partial charge on any atom is -0.504 e. The number of H-pyrrole nitrogens is 3. The van der Waals surface area contributed by atoms with Gasteiger partial charge in [-0.3, -0.25) is 14.4 Å². The van der Waals surface area contributed by atoms with Crippen LogP contribution in [0.2, 0.25) is 0 Å². The number of phenols is 3. The van der Waals surface area contributed by atoms with Gasteiger partial charge >= 0.3 is 0 Å². The number of nitrogens with zero attached hydrogens (tertiary/aromatic N) is 3. The molecule has 0 aliphatic heterocycles. The predicted octanol–water partition coefficient (Wildman–Crippen LogP) is 10.0. The number of phenolic OH excluding ortho intramolecular Hbond substituents is 3. The smallest absolute Gasteiger partial charge is 0.244 e. The fourth-order valence-electron chi connectivity index (χ4n) is 7.54. The molecule has 0 aliphatic carbocycles. The summed E-state index contributed by atoms with van der Waals surface area (Å²) in [7, 11) is 4.39. The first kappa shape index (κ1) is 54.4. The number of amides is 3. The van der Waals surface area contributed by atoms with Crippen LogP contribution in [-0.4, -0.2) is 88.0 Å². The fraction of sp³-hybridized carbons (Fsp3) is 0.111. The molecule has 21 heteroatoms. The highest BCUT2D eigenvalue weighted by atomic mass is 79.9. The van der Waals surface area contributed by atoms with Gasteiger partial charge in [0.25, 0.3) is 0 Å². The van der Waals surface area contributed by atoms with Crippen LogP contribution in [0.25, 0.3) is 32.7 Å². The summed E-state index contributed by atoms with van der Waals surface area (Å²) in [5.74, 6) is 0.0937. The van der Waals surface area contributed by atoms with Gasteiger partial charge in [0.1, 0.15) is 0 Å². The highest BCUT2D eigenvalue weighted by Crippen LogP contribution is 2.35. The molecular weight excluding hydrogens is 1160 g/mol. The second-order valence-electron chi connectivity index (χ2n) is 16.1. The first-order valence-electron chi connectivity index (χ1n) is 22.5. The lowest BCUT2D eigenvalue weighted by Crippen LogP contribution is -2.19. The maximum atomic E-state index is 12.1. The molecule has 0 saturated carbocycles. The third-order valence-corrected chi connectivity index (χ3v) is 12.5. The van der Waals surface area contributed by atoms with Crippen LogP contribution in [0.5, 0.6) is 34.5 Å². The normalized spacial score (nSPS) is 11.1. The zero-order chi connectivity index (χ0) is 53.4. The number of hydrogen-bond donors (Lipinski definition) is 9. The molecule has 9 rings (SSSR count). The Hall–Kier alpha value is -8.40. The number of rotatable bonds is 15. The minimum atomic E-state index is -0.248. The summed E-state index contributed by atoms with van der Waals surface area (Å²) in [5, 5.41) is 44.9. The second kappa shape index (κ2) is 26.0. The lowest BCUT2D eigenvalue weighted by atomic mass is 10.1. The molecule has 0 saturated heterocycles. The van der Waals surface area contributed by atoms with Gasteiger partial charge in [-0.05, 0) is 71.3 Å². The lowest BCUT2D eigenvalue weighted by Gasteiger charge is -2.06. The van der Waals surface area contributed by atoms with Crippen molar-refractivity contribution in [2.45, 2.75) is 19.3 Å². The van der Waals surface area contributed by atoms with E-state index in [0.29, 0.717) is 33.9 Å². The number of methoxy groups -OCH3 is 3. The second-order valence-corrected chi connectivity index (χ2v) is 18.9. The molecule has 9 N–H and O–H groups in total. The highest BCUT2D eigenvalue weighted by molar-refractivity contribution is 9.11. The van der Waals surface area contributed by atoms with E-state index in [2.05, 4.69) is 94.3 Å². The minimum absolute atomic E-state index is 0.0414. The molecule has 18 nitrogen and oxygen atoms in total. The Morgan fingerprint density at radius 3 is 1.00 bits per heavy atom. The molecule has 6 aromatic carbocycles. The van der Waals surface area contributed by atoms with E-state index in [0.717, 1.165) is 62.8 Å². The molecule has 3 heterocycles. The number of para-hydroxylation sites is 3. The Kier molecular flexibility index (Phi) is 18.9. The summed E-state index contributed by atoms with van der Waals surface area (Å²) < 4.78 is 17.4. The number of hydrazone groups is 3. The molecule has 0 spiro atoms. The Bertz CT molecular complexity index is 3220. The van der Waals surface area contributed by atoms with Gasteiger partial charge in [-0.2, -0.15) is 15.3 Å². The molecular formula is C54H48Br3N9O9. The van der Waals surface area contributed by atoms with Crippen LogP contribution in [0.15, 0.2) is 157 Å². The summed E-state index contributed by atoms with van der Waals surface area (Å²) in [6.07, 6.45) is 10.2. The van der Waals surface area contributed by atoms with Crippen LogP contribution < -0.4 is 30.5 Å². The molecule has 3 amide bonds. The third-order valence-electron chi connectivity index (χ3n) is 11.1. The van der Waals surface area contributed by atoms with Gasteiger partial charge in [0.2, 0.25) is 17.7 Å². The maximum Gasteiger partial charge on any atom is 0.244 e. The number of nitrogens with one attached hydrogen (secondary N) is 6. The van der Waals surface area contributed by atoms with Crippen molar-refractivity contribution in [3.63, 3.8) is 0 Å². The van der Waals surface area contributed by atoms with Crippen LogP contribution in [0, 0.1) is 0 Å². The maximum absolute atomic E-state index is 12.1. The first-order chi connectivity index (χ1) is 36.2. The van der Waals surface area contributed by atoms with E-state index < -0.39 is 0 Å². The molecule has 0 unspecified atom stereocenters. The lowest BCUT2D eigenvalue weighted by molar-refractivity contribution is -0.121. The van der Waals surface area contributed by atoms with E-state index in [1.807, 2.05) is 91.4 Å². The van der Waals surface area contributed by atoms with Gasteiger partial charge in [-0.25, -0.2) is 16.3 Å². The van der Waals surface area contributed by atoms with Gasteiger partial charge in [-0.15, -0.1) is 0 Å². The Morgan fingerprint density at radius 2 is 0.733 bits per heavy atom. The average molecular weight is 1210 g/mol. The molecule has 0 fully saturated rings. The molecule has 9 aromatic rings. The van der Waals surface area contributed by atoms with Crippen molar-refractivity contribution in [1.29, 1.82) is 0 Å². The van der Waals surface area contributed by atoms with E-state index in [1.54, 1.807) is 36.4 Å². The zero-order valence-electron chi connectivity index (χ0n) is 40.2. The number of carbonyl (C=O) groups is 3. The average Bonchev–Trinajstić information content (AvgIpc) is 4.14. The molecule has 0 bridgehead atoms. The number of ether oxygens (including phenoxy) is 3. The quantitative estimate of drug-likeness (QED) is 0.0349. The molecule has 0 atom stereocenters. The van der Waals surface area contributed by atoms with E-state index in [-0.39, 0.29) is 54.2 Å². The van der Waals surface area contributed by atoms with Crippen molar-refractivity contribution in [1.82, 2.24) is 31.2 Å². The van der Waals surface area contributed by atoms with E-state index >= 15 is 0 Å². The van der Waals surface area contributed by atoms with Crippen molar-refractivity contribution in [3.05, 3.63) is 175 Å². The number of aromatic nitrogens is 3. The number of fused-ring (bicyclic) bond motifs is 3. The number of benzene rings is 6. The van der Waals surface area contributed by atoms with E-state index in [9.17, 15) is 29.7 Å². The van der Waals surface area contributed by atoms with Crippen LogP contribution >= 0.6 is 47.8 Å². The fourth-order valence-corrected chi connectivity index (χ4v) is 8.90. The molecule has 75 heavy (non-hydrogen) atoms. The highest BCUT2D eigenvalue weighted by Gasteiger charge is 2.14. The molecule has 3 aromatic heterocycles. The van der Waals surface area contributed by atoms with Gasteiger partial charge in [-0.1, -0.05) is 102 Å². The number of aromatic hydroxyl groups is 3. The van der Waals surface area contributed by atoms with Crippen molar-refractivity contribution < 1.29 is 43.9 Å². The Balaban J connectivity index is 0.000000164. The van der Waals surface area contributed by atoms with Crippen LogP contribution in [0.1, 0.15) is 33.4 Å². The standard InChI is InChI=1S/3C18H16BrN3O3/c3*1-25-16-8-13(19)6-12(18(16)24)10-21-22-17(23)7-11-9-20-15-5-3-2-4-14(11)15/h3*2-6,8-10,20,24H,7H2,1H3,(H,22,23)/b3*21-10+. The van der Waals surface area contributed by atoms with Crippen molar-refractivity contribution in [3.8, 4) is 34.5 Å². The Morgan fingerprint density at radius 1 is 0.467 bits per heavy atom. The van der Waals surface area contributed by atoms with Crippen molar-refractivity contribution >= 4 is 117 Å². The summed E-state index contributed by atoms with van der Waals surface area (Å²) in [6.45, 7) is 0. The molecule has 0 radical (unpaired) electrons. The van der Waals surface area contributed by atoms with Crippen LogP contribution in [0.3, 0.4) is 0 Å². The summed E-state index contributed by atoms with van der Waals surface area (Å²) >= 11 is 9.98. The van der Waals surface area contributed by atoms with Gasteiger partial charge in [0.15, 0.2) is 34.5 Å². The first-order valence-corrected chi connectivity index (χ1v) is 24.9. The summed E-state index contributed by atoms with van der Waals surface area (Å²) in [6, 6.07) is 33.3. The monoisotopic (exact) mass is 1200 g/mol. The predicted molar refractivity (Wildman–Crippen MR) is 300 cm³/mol. The third kappa shape index (κ3) is 14.4. The van der Waals surface area contributed by atoms with Crippen molar-refractivity contribution in [2.75, 3.05) is 21.3 Å². The SMILES string of the molecule is COc1cc(Br)cc(/C=N/NC(=O)Cc2c[nH]c3ccccc23)c1O.COc1cc(Br)cc(/C=N/NC(=O)Cc2c[nH]c3ccccc23)c1O.COc1cc(Br)cc(/C=N/NC(=O)Cc2c[nH]c3ccccc23)c1O. The van der Waals surface area contributed by atoms with E-state index in [4.69, 9.17) is 14.2 Å². The van der Waals surface area contributed by atoms with Crippen LogP contribution in [0.4, 0.5) is 0 Å². The molecule has 0 aliphatic rings. The number of aromatic amines is 3. The zero-order valence-corrected chi connectivity index (χ0v) is 45.0. The largest absolute Gasteiger partial charge is 0.504 e. The van der Waals surface area contributed by atoms with Gasteiger partial charge < -0.3 is 44.5 Å².